The number of phenolic OH excluding ortho intramolecular Hbond substituents is 1. The number of phenols is 1. The fourth-order valence-corrected chi connectivity index (χ4v) is 8.20. The summed E-state index contributed by atoms with van der Waals surface area (Å²) in [6.45, 7) is 5.12. The molecule has 6 heteroatoms. The van der Waals surface area contributed by atoms with Crippen molar-refractivity contribution < 1.29 is 19.4 Å². The minimum absolute atomic E-state index is 0.158. The van der Waals surface area contributed by atoms with Crippen molar-refractivity contribution in [2.45, 2.75) is 83.3 Å². The van der Waals surface area contributed by atoms with Crippen molar-refractivity contribution >= 4 is 12.0 Å². The second-order valence-corrected chi connectivity index (χ2v) is 12.3. The van der Waals surface area contributed by atoms with Crippen LogP contribution in [0.4, 0.5) is 4.79 Å². The molecule has 2 aromatic carbocycles. The number of rotatable bonds is 7. The average molecular weight is 529 g/mol. The lowest BCUT2D eigenvalue weighted by Gasteiger charge is -2.51. The first kappa shape index (κ1) is 26.0. The van der Waals surface area contributed by atoms with Crippen LogP contribution in [0.2, 0.25) is 0 Å². The quantitative estimate of drug-likeness (QED) is 0.311. The molecular weight excluding hydrogens is 488 g/mol. The molecule has 2 fully saturated rings. The fourth-order valence-electron chi connectivity index (χ4n) is 8.20. The Hall–Kier alpha value is -3.28. The van der Waals surface area contributed by atoms with Gasteiger partial charge in [0.15, 0.2) is 0 Å². The monoisotopic (exact) mass is 528 g/mol. The van der Waals surface area contributed by atoms with Gasteiger partial charge in [0.2, 0.25) is 5.91 Å². The first-order chi connectivity index (χ1) is 18.8. The molecule has 0 radical (unpaired) electrons. The number of hydrogen-bond donors (Lipinski definition) is 2. The van der Waals surface area contributed by atoms with Crippen molar-refractivity contribution in [2.24, 2.45) is 23.0 Å². The van der Waals surface area contributed by atoms with E-state index in [9.17, 15) is 14.7 Å². The van der Waals surface area contributed by atoms with Gasteiger partial charge in [-0.2, -0.15) is 0 Å². The maximum atomic E-state index is 13.7. The smallest absolute Gasteiger partial charge is 0.411 e. The third-order valence-electron chi connectivity index (χ3n) is 10.1. The number of allylic oxidation sites excluding steroid dienone is 1. The van der Waals surface area contributed by atoms with Crippen molar-refractivity contribution in [3.05, 3.63) is 76.4 Å². The number of hydrogen-bond acceptors (Lipinski definition) is 4. The lowest BCUT2D eigenvalue weighted by atomic mass is 9.55. The summed E-state index contributed by atoms with van der Waals surface area (Å²) >= 11 is 0. The van der Waals surface area contributed by atoms with Crippen LogP contribution in [0.25, 0.3) is 0 Å². The average Bonchev–Trinajstić information content (AvgIpc) is 3.22. The number of aromatic hydroxyl groups is 1. The summed E-state index contributed by atoms with van der Waals surface area (Å²) in [7, 11) is 0. The topological polar surface area (TPSA) is 92.9 Å². The molecule has 1 saturated carbocycles. The molecule has 3 aliphatic carbocycles. The molecule has 0 spiro atoms. The number of nitrogens with two attached hydrogens (primary N) is 1. The predicted octanol–water partition coefficient (Wildman–Crippen LogP) is 6.64. The number of benzene rings is 2. The van der Waals surface area contributed by atoms with Crippen molar-refractivity contribution in [3.63, 3.8) is 0 Å². The highest BCUT2D eigenvalue weighted by Crippen LogP contribution is 2.63. The van der Waals surface area contributed by atoms with Crippen molar-refractivity contribution in [3.8, 4) is 5.75 Å². The number of carbonyl (C=O) groups is 2. The van der Waals surface area contributed by atoms with Gasteiger partial charge in [-0.3, -0.25) is 9.69 Å². The lowest BCUT2D eigenvalue weighted by molar-refractivity contribution is -0.0540. The molecule has 6 atom stereocenters. The van der Waals surface area contributed by atoms with Crippen molar-refractivity contribution in [2.75, 3.05) is 6.54 Å². The Morgan fingerprint density at radius 3 is 2.79 bits per heavy atom. The van der Waals surface area contributed by atoms with E-state index in [4.69, 9.17) is 10.5 Å². The van der Waals surface area contributed by atoms with Crippen LogP contribution in [0.15, 0.2) is 54.1 Å². The Kier molecular flexibility index (Phi) is 6.68. The standard InChI is InChI=1S/C33H40N2O4/c1-3-4-5-6-16-35-29(21-8-7-9-22(17-21)31(34)37)27-19-28-26-12-10-20-18-23(36)11-13-24(20)25(26)14-15-33(28,2)30(27)39-32(35)38/h7-9,11,13,17-19,25-26,28-30,36H,3-6,10,12,14-16H2,1-2H3,(H2,34,37)/t25-,26-,28+,29+,30+,33+/m1/s1. The summed E-state index contributed by atoms with van der Waals surface area (Å²) in [4.78, 5) is 27.6. The van der Waals surface area contributed by atoms with E-state index in [0.29, 0.717) is 35.6 Å². The van der Waals surface area contributed by atoms with Gasteiger partial charge in [0.25, 0.3) is 0 Å². The SMILES string of the molecule is CCCCCCN1C(=O)O[C@H]2C(=C[C@H]3[C@@H]4CCc5cc(O)ccc5[C@H]4CC[C@]23C)[C@@H]1c1cccc(C(N)=O)c1. The Balaban J connectivity index is 1.40. The third-order valence-corrected chi connectivity index (χ3v) is 10.1. The van der Waals surface area contributed by atoms with E-state index in [0.717, 1.165) is 62.5 Å². The molecule has 6 rings (SSSR count). The summed E-state index contributed by atoms with van der Waals surface area (Å²) < 4.78 is 6.34. The zero-order chi connectivity index (χ0) is 27.3. The molecule has 39 heavy (non-hydrogen) atoms. The van der Waals surface area contributed by atoms with Gasteiger partial charge >= 0.3 is 6.09 Å². The molecular formula is C33H40N2O4. The number of aryl methyl sites for hydroxylation is 1. The molecule has 0 unspecified atom stereocenters. The van der Waals surface area contributed by atoms with Crippen LogP contribution in [-0.2, 0) is 11.2 Å². The van der Waals surface area contributed by atoms with Crippen LogP contribution in [0.1, 0.15) is 97.8 Å². The van der Waals surface area contributed by atoms with Crippen LogP contribution in [-0.4, -0.2) is 34.7 Å². The van der Waals surface area contributed by atoms with Gasteiger partial charge in [-0.25, -0.2) is 4.79 Å². The minimum atomic E-state index is -0.461. The van der Waals surface area contributed by atoms with Gasteiger partial charge < -0.3 is 15.6 Å². The van der Waals surface area contributed by atoms with Gasteiger partial charge in [0.1, 0.15) is 11.9 Å². The molecule has 6 nitrogen and oxygen atoms in total. The predicted molar refractivity (Wildman–Crippen MR) is 150 cm³/mol. The highest BCUT2D eigenvalue weighted by Gasteiger charge is 2.60. The number of ether oxygens (including phenoxy) is 1. The lowest BCUT2D eigenvalue weighted by Crippen LogP contribution is -2.52. The summed E-state index contributed by atoms with van der Waals surface area (Å²) in [5.41, 5.74) is 10.7. The Morgan fingerprint density at radius 1 is 1.15 bits per heavy atom. The van der Waals surface area contributed by atoms with E-state index in [2.05, 4.69) is 26.0 Å². The normalized spacial score (nSPS) is 30.9. The number of amides is 2. The zero-order valence-electron chi connectivity index (χ0n) is 23.1. The van der Waals surface area contributed by atoms with Crippen LogP contribution >= 0.6 is 0 Å². The zero-order valence-corrected chi connectivity index (χ0v) is 23.1. The minimum Gasteiger partial charge on any atom is -0.508 e. The largest absolute Gasteiger partial charge is 0.508 e. The molecule has 2 aromatic rings. The second-order valence-electron chi connectivity index (χ2n) is 12.3. The van der Waals surface area contributed by atoms with E-state index >= 15 is 0 Å². The molecule has 1 aliphatic heterocycles. The van der Waals surface area contributed by atoms with Crippen LogP contribution in [0.5, 0.6) is 5.75 Å². The summed E-state index contributed by atoms with van der Waals surface area (Å²) in [6, 6.07) is 13.1. The second kappa shape index (κ2) is 10.0. The summed E-state index contributed by atoms with van der Waals surface area (Å²) in [6.07, 6.45) is 10.2. The van der Waals surface area contributed by atoms with Crippen molar-refractivity contribution in [1.82, 2.24) is 4.90 Å². The first-order valence-corrected chi connectivity index (χ1v) is 14.7. The van der Waals surface area contributed by atoms with Gasteiger partial charge in [0.05, 0.1) is 6.04 Å². The first-order valence-electron chi connectivity index (χ1n) is 14.7. The van der Waals surface area contributed by atoms with Crippen LogP contribution in [0.3, 0.4) is 0 Å². The Labute approximate surface area is 231 Å². The molecule has 1 heterocycles. The summed E-state index contributed by atoms with van der Waals surface area (Å²) in [5, 5.41) is 10.1. The van der Waals surface area contributed by atoms with Crippen LogP contribution < -0.4 is 5.73 Å². The molecule has 2 amide bonds. The van der Waals surface area contributed by atoms with Gasteiger partial charge in [-0.05, 0) is 96.4 Å². The molecule has 206 valence electrons. The van der Waals surface area contributed by atoms with E-state index in [-0.39, 0.29) is 23.7 Å². The van der Waals surface area contributed by atoms with E-state index < -0.39 is 5.91 Å². The highest BCUT2D eigenvalue weighted by atomic mass is 16.6. The van der Waals surface area contributed by atoms with E-state index in [1.807, 2.05) is 35.2 Å². The molecule has 3 N–H and O–H groups in total. The number of nitrogens with zero attached hydrogens (tertiary/aromatic N) is 1. The van der Waals surface area contributed by atoms with Crippen LogP contribution in [0, 0.1) is 17.3 Å². The molecule has 0 bridgehead atoms. The van der Waals surface area contributed by atoms with Gasteiger partial charge in [0, 0.05) is 17.5 Å². The Bertz CT molecular complexity index is 1320. The summed E-state index contributed by atoms with van der Waals surface area (Å²) in [5.74, 6) is 1.09. The highest BCUT2D eigenvalue weighted by molar-refractivity contribution is 5.93. The number of fused-ring (bicyclic) bond motifs is 7. The number of primary amides is 1. The third kappa shape index (κ3) is 4.32. The van der Waals surface area contributed by atoms with E-state index in [1.54, 1.807) is 6.07 Å². The van der Waals surface area contributed by atoms with Gasteiger partial charge in [-0.1, -0.05) is 57.4 Å². The molecule has 1 saturated heterocycles. The van der Waals surface area contributed by atoms with E-state index in [1.165, 1.54) is 11.1 Å². The maximum absolute atomic E-state index is 13.7. The molecule has 4 aliphatic rings. The maximum Gasteiger partial charge on any atom is 0.411 e. The Morgan fingerprint density at radius 2 is 2.00 bits per heavy atom. The van der Waals surface area contributed by atoms with Crippen molar-refractivity contribution in [1.29, 1.82) is 0 Å². The number of unbranched alkanes of at least 4 members (excludes halogenated alkanes) is 3. The fraction of sp³-hybridized carbons (Fsp3) is 0.515. The van der Waals surface area contributed by atoms with Gasteiger partial charge in [-0.15, -0.1) is 0 Å². The molecule has 0 aromatic heterocycles. The number of carbonyl (C=O) groups excluding carboxylic acids is 2.